The number of aromatic carboxylic acids is 1. The van der Waals surface area contributed by atoms with E-state index in [-0.39, 0.29) is 16.7 Å². The third-order valence-corrected chi connectivity index (χ3v) is 5.66. The highest BCUT2D eigenvalue weighted by molar-refractivity contribution is 6.34. The van der Waals surface area contributed by atoms with Crippen LogP contribution < -0.4 is 5.32 Å². The number of hydrogen-bond donors (Lipinski definition) is 3. The standard InChI is InChI=1S/C25H22ClN3O3/c1-25(2,3)17-8-6-14(7-9-17)23(30)28-22-12-20(26)18(11-19(22)24(31)32)15-4-5-16-13-27-29-21(16)10-15/h4-13H,1-3H3,(H,27,29)(H,28,30)(H,31,32). The van der Waals surface area contributed by atoms with Gasteiger partial charge in [-0.1, -0.05) is 56.6 Å². The summed E-state index contributed by atoms with van der Waals surface area (Å²) in [6.07, 6.45) is 1.70. The van der Waals surface area contributed by atoms with Gasteiger partial charge in [-0.3, -0.25) is 9.89 Å². The summed E-state index contributed by atoms with van der Waals surface area (Å²) in [4.78, 5) is 24.7. The van der Waals surface area contributed by atoms with Crippen molar-refractivity contribution < 1.29 is 14.7 Å². The number of hydrogen-bond acceptors (Lipinski definition) is 3. The van der Waals surface area contributed by atoms with Crippen LogP contribution in [0.2, 0.25) is 5.02 Å². The number of aromatic amines is 1. The van der Waals surface area contributed by atoms with Gasteiger partial charge in [0, 0.05) is 16.5 Å². The van der Waals surface area contributed by atoms with E-state index in [1.165, 1.54) is 12.1 Å². The van der Waals surface area contributed by atoms with Crippen LogP contribution in [-0.4, -0.2) is 27.2 Å². The van der Waals surface area contributed by atoms with Gasteiger partial charge in [0.05, 0.1) is 28.0 Å². The fourth-order valence-electron chi connectivity index (χ4n) is 3.50. The Balaban J connectivity index is 1.67. The molecule has 162 valence electrons. The Morgan fingerprint density at radius 2 is 1.75 bits per heavy atom. The minimum Gasteiger partial charge on any atom is -0.478 e. The van der Waals surface area contributed by atoms with Gasteiger partial charge in [0.1, 0.15) is 0 Å². The maximum atomic E-state index is 12.8. The van der Waals surface area contributed by atoms with E-state index in [1.807, 2.05) is 30.3 Å². The van der Waals surface area contributed by atoms with Crippen molar-refractivity contribution in [1.82, 2.24) is 10.2 Å². The zero-order chi connectivity index (χ0) is 23.0. The van der Waals surface area contributed by atoms with Gasteiger partial charge in [-0.05, 0) is 46.9 Å². The molecule has 3 N–H and O–H groups in total. The van der Waals surface area contributed by atoms with Crippen LogP contribution in [0, 0.1) is 0 Å². The van der Waals surface area contributed by atoms with Gasteiger partial charge in [0.25, 0.3) is 5.91 Å². The van der Waals surface area contributed by atoms with Gasteiger partial charge in [-0.2, -0.15) is 5.10 Å². The first-order chi connectivity index (χ1) is 15.1. The molecule has 7 heteroatoms. The molecule has 0 bridgehead atoms. The van der Waals surface area contributed by atoms with Crippen LogP contribution in [0.5, 0.6) is 0 Å². The number of aromatic nitrogens is 2. The van der Waals surface area contributed by atoms with E-state index in [1.54, 1.807) is 18.3 Å². The Morgan fingerprint density at radius 3 is 2.41 bits per heavy atom. The number of benzene rings is 3. The number of carbonyl (C=O) groups excluding carboxylic acids is 1. The fourth-order valence-corrected chi connectivity index (χ4v) is 3.77. The number of carboxylic acid groups (broad SMARTS) is 1. The Hall–Kier alpha value is -3.64. The minimum absolute atomic E-state index is 0.0337. The number of anilines is 1. The van der Waals surface area contributed by atoms with E-state index in [2.05, 4.69) is 36.3 Å². The molecule has 0 spiro atoms. The van der Waals surface area contributed by atoms with Gasteiger partial charge >= 0.3 is 5.97 Å². The molecule has 0 fully saturated rings. The van der Waals surface area contributed by atoms with Crippen LogP contribution in [0.4, 0.5) is 5.69 Å². The number of amides is 1. The maximum Gasteiger partial charge on any atom is 0.337 e. The highest BCUT2D eigenvalue weighted by atomic mass is 35.5. The molecule has 3 aromatic carbocycles. The second-order valence-corrected chi connectivity index (χ2v) is 9.04. The van der Waals surface area contributed by atoms with Gasteiger partial charge in [-0.25, -0.2) is 4.79 Å². The fraction of sp³-hybridized carbons (Fsp3) is 0.160. The Morgan fingerprint density at radius 1 is 1.03 bits per heavy atom. The van der Waals surface area contributed by atoms with Crippen molar-refractivity contribution in [1.29, 1.82) is 0 Å². The molecule has 1 heterocycles. The lowest BCUT2D eigenvalue weighted by Crippen LogP contribution is -2.16. The zero-order valence-electron chi connectivity index (χ0n) is 17.9. The average Bonchev–Trinajstić information content (AvgIpc) is 3.21. The normalized spacial score (nSPS) is 11.5. The summed E-state index contributed by atoms with van der Waals surface area (Å²) in [5.41, 5.74) is 3.69. The summed E-state index contributed by atoms with van der Waals surface area (Å²) in [5, 5.41) is 20.6. The SMILES string of the molecule is CC(C)(C)c1ccc(C(=O)Nc2cc(Cl)c(-c3ccc4cn[nH]c4c3)cc2C(=O)O)cc1. The number of fused-ring (bicyclic) bond motifs is 1. The largest absolute Gasteiger partial charge is 0.478 e. The second-order valence-electron chi connectivity index (χ2n) is 8.64. The highest BCUT2D eigenvalue weighted by Crippen LogP contribution is 2.34. The third-order valence-electron chi connectivity index (χ3n) is 5.35. The van der Waals surface area contributed by atoms with Gasteiger partial charge in [0.2, 0.25) is 0 Å². The topological polar surface area (TPSA) is 95.1 Å². The van der Waals surface area contributed by atoms with Crippen LogP contribution in [0.1, 0.15) is 47.1 Å². The molecule has 0 aliphatic carbocycles. The average molecular weight is 448 g/mol. The van der Waals surface area contributed by atoms with Crippen molar-refractivity contribution in [3.05, 3.63) is 82.5 Å². The molecule has 0 saturated heterocycles. The first-order valence-corrected chi connectivity index (χ1v) is 10.4. The molecule has 1 amide bonds. The molecule has 4 rings (SSSR count). The van der Waals surface area contributed by atoms with E-state index < -0.39 is 11.9 Å². The van der Waals surface area contributed by atoms with Crippen LogP contribution in [0.25, 0.3) is 22.0 Å². The van der Waals surface area contributed by atoms with E-state index in [0.29, 0.717) is 16.1 Å². The summed E-state index contributed by atoms with van der Waals surface area (Å²) in [5.74, 6) is -1.57. The lowest BCUT2D eigenvalue weighted by atomic mass is 9.86. The quantitative estimate of drug-likeness (QED) is 0.350. The molecule has 0 aliphatic rings. The highest BCUT2D eigenvalue weighted by Gasteiger charge is 2.19. The van der Waals surface area contributed by atoms with Gasteiger partial charge in [-0.15, -0.1) is 0 Å². The molecule has 0 atom stereocenters. The molecule has 32 heavy (non-hydrogen) atoms. The summed E-state index contributed by atoms with van der Waals surface area (Å²) >= 11 is 6.50. The summed E-state index contributed by atoms with van der Waals surface area (Å²) < 4.78 is 0. The van der Waals surface area contributed by atoms with E-state index >= 15 is 0 Å². The van der Waals surface area contributed by atoms with E-state index in [0.717, 1.165) is 22.0 Å². The molecule has 4 aromatic rings. The Labute approximate surface area is 190 Å². The predicted octanol–water partition coefficient (Wildman–Crippen LogP) is 6.13. The van der Waals surface area contributed by atoms with Crippen molar-refractivity contribution in [2.75, 3.05) is 5.32 Å². The zero-order valence-corrected chi connectivity index (χ0v) is 18.6. The van der Waals surface area contributed by atoms with Crippen molar-refractivity contribution in [2.24, 2.45) is 0 Å². The number of halogens is 1. The number of carboxylic acids is 1. The molecule has 0 aliphatic heterocycles. The molecule has 6 nitrogen and oxygen atoms in total. The third kappa shape index (κ3) is 4.22. The first kappa shape index (κ1) is 21.6. The van der Waals surface area contributed by atoms with Crippen molar-refractivity contribution in [3.8, 4) is 11.1 Å². The number of nitrogens with zero attached hydrogens (tertiary/aromatic N) is 1. The molecule has 1 aromatic heterocycles. The van der Waals surface area contributed by atoms with Crippen LogP contribution in [0.3, 0.4) is 0 Å². The molecule has 0 radical (unpaired) electrons. The van der Waals surface area contributed by atoms with E-state index in [9.17, 15) is 14.7 Å². The molecular formula is C25H22ClN3O3. The summed E-state index contributed by atoms with van der Waals surface area (Å²) in [6.45, 7) is 6.28. The number of H-pyrrole nitrogens is 1. The molecular weight excluding hydrogens is 426 g/mol. The monoisotopic (exact) mass is 447 g/mol. The number of carbonyl (C=O) groups is 2. The molecule has 0 saturated carbocycles. The number of nitrogens with one attached hydrogen (secondary N) is 2. The Bertz CT molecular complexity index is 1340. The summed E-state index contributed by atoms with van der Waals surface area (Å²) in [7, 11) is 0. The first-order valence-electron chi connectivity index (χ1n) is 10.1. The van der Waals surface area contributed by atoms with Gasteiger partial charge < -0.3 is 10.4 Å². The van der Waals surface area contributed by atoms with E-state index in [4.69, 9.17) is 11.6 Å². The Kier molecular flexibility index (Phi) is 5.48. The summed E-state index contributed by atoms with van der Waals surface area (Å²) in [6, 6.07) is 15.8. The van der Waals surface area contributed by atoms with Crippen molar-refractivity contribution in [2.45, 2.75) is 26.2 Å². The lowest BCUT2D eigenvalue weighted by Gasteiger charge is -2.19. The second kappa shape index (κ2) is 8.13. The lowest BCUT2D eigenvalue weighted by molar-refractivity contribution is 0.0698. The van der Waals surface area contributed by atoms with Crippen LogP contribution >= 0.6 is 11.6 Å². The van der Waals surface area contributed by atoms with Crippen LogP contribution in [-0.2, 0) is 5.41 Å². The van der Waals surface area contributed by atoms with Crippen LogP contribution in [0.15, 0.2) is 60.8 Å². The number of rotatable bonds is 4. The van der Waals surface area contributed by atoms with Crippen molar-refractivity contribution in [3.63, 3.8) is 0 Å². The molecule has 0 unspecified atom stereocenters. The maximum absolute atomic E-state index is 12.8. The van der Waals surface area contributed by atoms with Crippen molar-refractivity contribution >= 4 is 40.1 Å². The van der Waals surface area contributed by atoms with Gasteiger partial charge in [0.15, 0.2) is 0 Å². The smallest absolute Gasteiger partial charge is 0.337 e. The minimum atomic E-state index is -1.16. The predicted molar refractivity (Wildman–Crippen MR) is 127 cm³/mol.